The van der Waals surface area contributed by atoms with Crippen LogP contribution in [0.5, 0.6) is 0 Å². The van der Waals surface area contributed by atoms with Crippen LogP contribution in [0.25, 0.3) is 10.9 Å². The molecule has 162 valence electrons. The number of carbonyl (C=O) groups is 2. The number of aromatic nitrogens is 3. The summed E-state index contributed by atoms with van der Waals surface area (Å²) in [5, 5.41) is 8.54. The van der Waals surface area contributed by atoms with E-state index in [0.717, 1.165) is 36.0 Å². The highest BCUT2D eigenvalue weighted by Gasteiger charge is 2.29. The zero-order valence-corrected chi connectivity index (χ0v) is 17.7. The Morgan fingerprint density at radius 2 is 1.94 bits per heavy atom. The molecule has 0 spiro atoms. The summed E-state index contributed by atoms with van der Waals surface area (Å²) in [5.41, 5.74) is 1.77. The van der Waals surface area contributed by atoms with Gasteiger partial charge in [0.2, 0.25) is 5.91 Å². The van der Waals surface area contributed by atoms with E-state index < -0.39 is 0 Å². The van der Waals surface area contributed by atoms with E-state index in [2.05, 4.69) is 10.4 Å². The molecule has 5 rings (SSSR count). The van der Waals surface area contributed by atoms with Crippen molar-refractivity contribution in [3.8, 4) is 0 Å². The predicted molar refractivity (Wildman–Crippen MR) is 117 cm³/mol. The normalized spacial score (nSPS) is 19.8. The number of rotatable bonds is 4. The summed E-state index contributed by atoms with van der Waals surface area (Å²) in [7, 11) is 1.94. The molecule has 2 fully saturated rings. The van der Waals surface area contributed by atoms with Crippen molar-refractivity contribution in [2.24, 2.45) is 13.0 Å². The molecule has 0 saturated carbocycles. The smallest absolute Gasteiger partial charge is 0.270 e. The largest absolute Gasteiger partial charge is 0.381 e. The van der Waals surface area contributed by atoms with Crippen molar-refractivity contribution >= 4 is 28.5 Å². The maximum atomic E-state index is 13.2. The number of ether oxygens (including phenoxy) is 1. The molecule has 0 radical (unpaired) electrons. The monoisotopic (exact) mass is 421 g/mol. The van der Waals surface area contributed by atoms with Crippen LogP contribution in [0.4, 0.5) is 5.82 Å². The molecule has 0 unspecified atom stereocenters. The van der Waals surface area contributed by atoms with Crippen LogP contribution >= 0.6 is 0 Å². The zero-order chi connectivity index (χ0) is 21.4. The van der Waals surface area contributed by atoms with Crippen molar-refractivity contribution in [3.05, 3.63) is 48.3 Å². The highest BCUT2D eigenvalue weighted by Crippen LogP contribution is 2.28. The number of aryl methyl sites for hydroxylation is 1. The molecule has 3 aromatic rings. The van der Waals surface area contributed by atoms with Gasteiger partial charge in [-0.25, -0.2) is 4.68 Å². The van der Waals surface area contributed by atoms with Gasteiger partial charge in [-0.1, -0.05) is 18.2 Å². The maximum absolute atomic E-state index is 13.2. The van der Waals surface area contributed by atoms with Gasteiger partial charge in [0.05, 0.1) is 24.8 Å². The summed E-state index contributed by atoms with van der Waals surface area (Å²) >= 11 is 0. The molecule has 31 heavy (non-hydrogen) atoms. The first-order chi connectivity index (χ1) is 15.1. The van der Waals surface area contributed by atoms with Gasteiger partial charge in [-0.2, -0.15) is 5.10 Å². The molecule has 2 aromatic heterocycles. The van der Waals surface area contributed by atoms with Crippen molar-refractivity contribution < 1.29 is 14.3 Å². The first-order valence-corrected chi connectivity index (χ1v) is 10.9. The van der Waals surface area contributed by atoms with Gasteiger partial charge in [0.25, 0.3) is 5.91 Å². The van der Waals surface area contributed by atoms with Crippen LogP contribution in [-0.2, 0) is 16.6 Å². The summed E-state index contributed by atoms with van der Waals surface area (Å²) in [5.74, 6) is 0.675. The third-order valence-corrected chi connectivity index (χ3v) is 6.49. The number of amides is 2. The van der Waals surface area contributed by atoms with Crippen molar-refractivity contribution in [2.45, 2.75) is 25.3 Å². The number of benzene rings is 1. The second-order valence-corrected chi connectivity index (χ2v) is 8.38. The number of para-hydroxylation sites is 1. The molecular weight excluding hydrogens is 394 g/mol. The molecule has 1 atom stereocenters. The average Bonchev–Trinajstić information content (AvgIpc) is 3.54. The molecule has 0 bridgehead atoms. The number of hydrogen-bond acceptors (Lipinski definition) is 4. The van der Waals surface area contributed by atoms with E-state index in [4.69, 9.17) is 4.74 Å². The quantitative estimate of drug-likeness (QED) is 0.702. The lowest BCUT2D eigenvalue weighted by molar-refractivity contribution is -0.119. The number of anilines is 1. The molecule has 8 heteroatoms. The number of nitrogens with one attached hydrogen (secondary N) is 1. The Hall–Kier alpha value is -3.13. The molecular formula is C23H27N5O3. The van der Waals surface area contributed by atoms with Crippen LogP contribution in [-0.4, -0.2) is 57.4 Å². The van der Waals surface area contributed by atoms with Gasteiger partial charge >= 0.3 is 0 Å². The van der Waals surface area contributed by atoms with E-state index in [9.17, 15) is 9.59 Å². The molecule has 0 aliphatic carbocycles. The topological polar surface area (TPSA) is 81.4 Å². The summed E-state index contributed by atoms with van der Waals surface area (Å²) in [4.78, 5) is 27.5. The second kappa shape index (κ2) is 8.19. The van der Waals surface area contributed by atoms with Gasteiger partial charge in [0, 0.05) is 43.7 Å². The summed E-state index contributed by atoms with van der Waals surface area (Å²) in [6.45, 7) is 2.44. The van der Waals surface area contributed by atoms with E-state index in [1.54, 1.807) is 6.20 Å². The van der Waals surface area contributed by atoms with E-state index >= 15 is 0 Å². The second-order valence-electron chi connectivity index (χ2n) is 8.38. The number of nitrogens with zero attached hydrogens (tertiary/aromatic N) is 4. The molecule has 2 aliphatic rings. The lowest BCUT2D eigenvalue weighted by atomic mass is 10.0. The lowest BCUT2D eigenvalue weighted by Gasteiger charge is -2.32. The SMILES string of the molecule is Cn1c(C(=O)N2CCC(n3nccc3NC(=O)[C@@H]3CCOC3)CC2)cc2ccccc21. The molecule has 1 N–H and O–H groups in total. The van der Waals surface area contributed by atoms with Crippen molar-refractivity contribution in [1.82, 2.24) is 19.2 Å². The van der Waals surface area contributed by atoms with Crippen LogP contribution in [0.15, 0.2) is 42.6 Å². The molecule has 1 aromatic carbocycles. The summed E-state index contributed by atoms with van der Waals surface area (Å²) in [6.07, 6.45) is 4.07. The third kappa shape index (κ3) is 3.72. The Balaban J connectivity index is 1.24. The Bertz CT molecular complexity index is 1100. The minimum Gasteiger partial charge on any atom is -0.381 e. The Morgan fingerprint density at radius 3 is 2.68 bits per heavy atom. The third-order valence-electron chi connectivity index (χ3n) is 6.49. The first-order valence-electron chi connectivity index (χ1n) is 10.9. The van der Waals surface area contributed by atoms with Crippen LogP contribution in [0, 0.1) is 5.92 Å². The molecule has 2 aliphatic heterocycles. The molecule has 2 amide bonds. The molecule has 4 heterocycles. The van der Waals surface area contributed by atoms with E-state index in [1.165, 1.54) is 0 Å². The van der Waals surface area contributed by atoms with Gasteiger partial charge < -0.3 is 19.5 Å². The van der Waals surface area contributed by atoms with Crippen LogP contribution < -0.4 is 5.32 Å². The Morgan fingerprint density at radius 1 is 1.13 bits per heavy atom. The average molecular weight is 422 g/mol. The van der Waals surface area contributed by atoms with E-state index in [0.29, 0.717) is 32.0 Å². The molecule has 8 nitrogen and oxygen atoms in total. The fourth-order valence-electron chi connectivity index (χ4n) is 4.64. The maximum Gasteiger partial charge on any atom is 0.270 e. The number of piperidine rings is 1. The molecule has 2 saturated heterocycles. The van der Waals surface area contributed by atoms with Gasteiger partial charge in [0.15, 0.2) is 0 Å². The first kappa shape index (κ1) is 19.8. The number of fused-ring (bicyclic) bond motifs is 1. The zero-order valence-electron chi connectivity index (χ0n) is 17.7. The van der Waals surface area contributed by atoms with E-state index in [1.807, 2.05) is 57.6 Å². The fourth-order valence-corrected chi connectivity index (χ4v) is 4.64. The van der Waals surface area contributed by atoms with Crippen molar-refractivity contribution in [1.29, 1.82) is 0 Å². The van der Waals surface area contributed by atoms with Gasteiger partial charge in [0.1, 0.15) is 11.5 Å². The lowest BCUT2D eigenvalue weighted by Crippen LogP contribution is -2.40. The number of carbonyl (C=O) groups excluding carboxylic acids is 2. The van der Waals surface area contributed by atoms with Gasteiger partial charge in [-0.15, -0.1) is 0 Å². The summed E-state index contributed by atoms with van der Waals surface area (Å²) in [6, 6.07) is 12.0. The highest BCUT2D eigenvalue weighted by molar-refractivity contribution is 5.98. The predicted octanol–water partition coefficient (Wildman–Crippen LogP) is 2.83. The van der Waals surface area contributed by atoms with Crippen molar-refractivity contribution in [3.63, 3.8) is 0 Å². The summed E-state index contributed by atoms with van der Waals surface area (Å²) < 4.78 is 9.18. The van der Waals surface area contributed by atoms with Crippen LogP contribution in [0.1, 0.15) is 35.8 Å². The van der Waals surface area contributed by atoms with Gasteiger partial charge in [-0.3, -0.25) is 9.59 Å². The van der Waals surface area contributed by atoms with Crippen LogP contribution in [0.3, 0.4) is 0 Å². The Labute approximate surface area is 180 Å². The minimum atomic E-state index is -0.0939. The minimum absolute atomic E-state index is 0.0114. The highest BCUT2D eigenvalue weighted by atomic mass is 16.5. The van der Waals surface area contributed by atoms with E-state index in [-0.39, 0.29) is 23.8 Å². The standard InChI is InChI=1S/C23H27N5O3/c1-26-19-5-3-2-4-16(19)14-20(26)23(30)27-11-7-18(8-12-27)28-21(6-10-24-28)25-22(29)17-9-13-31-15-17/h2-6,10,14,17-18H,7-9,11-13,15H2,1H3,(H,25,29)/t17-/m1/s1. The Kier molecular flexibility index (Phi) is 5.23. The van der Waals surface area contributed by atoms with Gasteiger partial charge in [-0.05, 0) is 31.4 Å². The number of likely N-dealkylation sites (tertiary alicyclic amines) is 1. The van der Waals surface area contributed by atoms with Crippen LogP contribution in [0.2, 0.25) is 0 Å². The fraction of sp³-hybridized carbons (Fsp3) is 0.435. The van der Waals surface area contributed by atoms with Crippen molar-refractivity contribution in [2.75, 3.05) is 31.6 Å². The number of hydrogen-bond donors (Lipinski definition) is 1.